The van der Waals surface area contributed by atoms with Crippen LogP contribution >= 0.6 is 11.3 Å². The van der Waals surface area contributed by atoms with E-state index in [0.717, 1.165) is 0 Å². The van der Waals surface area contributed by atoms with Crippen molar-refractivity contribution in [1.82, 2.24) is 10.6 Å². The Bertz CT molecular complexity index is 473. The minimum Gasteiger partial charge on any atom is -0.481 e. The molecule has 7 heteroatoms. The van der Waals surface area contributed by atoms with Crippen LogP contribution in [0.4, 0.5) is 0 Å². The number of aliphatic carboxylic acids is 1. The minimum atomic E-state index is -0.829. The van der Waals surface area contributed by atoms with Gasteiger partial charge in [-0.05, 0) is 23.8 Å². The molecule has 0 aromatic carbocycles. The quantitative estimate of drug-likeness (QED) is 0.643. The molecule has 1 heterocycles. The smallest absolute Gasteiger partial charge is 0.303 e. The van der Waals surface area contributed by atoms with Crippen molar-refractivity contribution in [2.75, 3.05) is 13.1 Å². The number of carboxylic acids is 1. The summed E-state index contributed by atoms with van der Waals surface area (Å²) in [5, 5.41) is 15.8. The molecule has 0 bridgehead atoms. The number of amides is 2. The van der Waals surface area contributed by atoms with E-state index >= 15 is 0 Å². The van der Waals surface area contributed by atoms with Crippen molar-refractivity contribution >= 4 is 29.1 Å². The summed E-state index contributed by atoms with van der Waals surface area (Å²) in [7, 11) is 0. The number of carbonyl (C=O) groups excluding carboxylic acids is 2. The van der Waals surface area contributed by atoms with Crippen molar-refractivity contribution in [3.8, 4) is 0 Å². The average Bonchev–Trinajstić information content (AvgIpc) is 2.97. The lowest BCUT2D eigenvalue weighted by atomic mass is 10.1. The van der Waals surface area contributed by atoms with E-state index in [-0.39, 0.29) is 37.1 Å². The van der Waals surface area contributed by atoms with Gasteiger partial charge < -0.3 is 15.7 Å². The Hall–Kier alpha value is -1.89. The number of carbonyl (C=O) groups is 3. The van der Waals surface area contributed by atoms with Crippen LogP contribution in [-0.2, 0) is 9.59 Å². The van der Waals surface area contributed by atoms with E-state index in [4.69, 9.17) is 5.11 Å². The fourth-order valence-electron chi connectivity index (χ4n) is 1.63. The van der Waals surface area contributed by atoms with Gasteiger partial charge in [-0.3, -0.25) is 14.4 Å². The Balaban J connectivity index is 2.11. The number of hydrogen-bond acceptors (Lipinski definition) is 4. The van der Waals surface area contributed by atoms with E-state index < -0.39 is 5.97 Å². The van der Waals surface area contributed by atoms with Gasteiger partial charge in [0.25, 0.3) is 5.91 Å². The van der Waals surface area contributed by atoms with Crippen molar-refractivity contribution in [2.45, 2.75) is 26.2 Å². The highest BCUT2D eigenvalue weighted by Gasteiger charge is 2.09. The molecule has 1 aromatic heterocycles. The maximum atomic E-state index is 11.6. The van der Waals surface area contributed by atoms with Crippen LogP contribution in [0.3, 0.4) is 0 Å². The van der Waals surface area contributed by atoms with Crippen molar-refractivity contribution in [3.05, 3.63) is 22.4 Å². The fourth-order valence-corrected chi connectivity index (χ4v) is 2.27. The van der Waals surface area contributed by atoms with E-state index in [1.165, 1.54) is 11.3 Å². The molecule has 116 valence electrons. The molecule has 1 rings (SSSR count). The maximum absolute atomic E-state index is 11.6. The predicted octanol–water partition coefficient (Wildman–Crippen LogP) is 1.49. The second-order valence-corrected chi connectivity index (χ2v) is 5.77. The summed E-state index contributed by atoms with van der Waals surface area (Å²) >= 11 is 1.35. The van der Waals surface area contributed by atoms with Gasteiger partial charge in [0.15, 0.2) is 0 Å². The van der Waals surface area contributed by atoms with Gasteiger partial charge in [0.1, 0.15) is 0 Å². The van der Waals surface area contributed by atoms with Gasteiger partial charge in [0, 0.05) is 25.9 Å². The highest BCUT2D eigenvalue weighted by molar-refractivity contribution is 7.12. The molecule has 2 amide bonds. The third kappa shape index (κ3) is 7.45. The number of thiophene rings is 1. The Morgan fingerprint density at radius 3 is 2.67 bits per heavy atom. The molecule has 0 radical (unpaired) electrons. The summed E-state index contributed by atoms with van der Waals surface area (Å²) in [6.45, 7) is 2.62. The van der Waals surface area contributed by atoms with Crippen LogP contribution in [0.1, 0.15) is 35.9 Å². The third-order valence-corrected chi connectivity index (χ3v) is 3.75. The zero-order valence-corrected chi connectivity index (χ0v) is 12.7. The Kier molecular flexibility index (Phi) is 7.45. The van der Waals surface area contributed by atoms with Crippen LogP contribution in [0.15, 0.2) is 17.5 Å². The van der Waals surface area contributed by atoms with Crippen LogP contribution in [0.25, 0.3) is 0 Å². The first-order chi connectivity index (χ1) is 9.99. The van der Waals surface area contributed by atoms with Crippen LogP contribution in [0, 0.1) is 5.92 Å². The summed E-state index contributed by atoms with van der Waals surface area (Å²) in [4.78, 5) is 34.2. The fraction of sp³-hybridized carbons (Fsp3) is 0.500. The average molecular weight is 312 g/mol. The molecule has 21 heavy (non-hydrogen) atoms. The van der Waals surface area contributed by atoms with Crippen LogP contribution in [0.2, 0.25) is 0 Å². The van der Waals surface area contributed by atoms with Crippen LogP contribution in [0.5, 0.6) is 0 Å². The van der Waals surface area contributed by atoms with Crippen molar-refractivity contribution in [3.63, 3.8) is 0 Å². The van der Waals surface area contributed by atoms with Gasteiger partial charge in [0.2, 0.25) is 5.91 Å². The first-order valence-corrected chi connectivity index (χ1v) is 7.67. The predicted molar refractivity (Wildman–Crippen MR) is 80.3 cm³/mol. The molecular weight excluding hydrogens is 292 g/mol. The molecule has 0 saturated carbocycles. The Morgan fingerprint density at radius 2 is 2.05 bits per heavy atom. The normalized spacial score (nSPS) is 11.7. The lowest BCUT2D eigenvalue weighted by molar-refractivity contribution is -0.137. The molecule has 0 saturated heterocycles. The second-order valence-electron chi connectivity index (χ2n) is 4.82. The molecule has 0 aliphatic heterocycles. The largest absolute Gasteiger partial charge is 0.481 e. The number of hydrogen-bond donors (Lipinski definition) is 3. The zero-order chi connectivity index (χ0) is 15.7. The molecule has 0 aliphatic carbocycles. The molecule has 0 aliphatic rings. The minimum absolute atomic E-state index is 0.105. The number of carboxylic acid groups (broad SMARTS) is 1. The lowest BCUT2D eigenvalue weighted by Gasteiger charge is -2.11. The lowest BCUT2D eigenvalue weighted by Crippen LogP contribution is -2.32. The summed E-state index contributed by atoms with van der Waals surface area (Å²) in [5.41, 5.74) is 0. The summed E-state index contributed by atoms with van der Waals surface area (Å²) in [6.07, 6.45) is 0.849. The topological polar surface area (TPSA) is 95.5 Å². The Morgan fingerprint density at radius 1 is 1.29 bits per heavy atom. The molecule has 3 N–H and O–H groups in total. The van der Waals surface area contributed by atoms with Crippen molar-refractivity contribution < 1.29 is 19.5 Å². The van der Waals surface area contributed by atoms with E-state index in [1.54, 1.807) is 12.1 Å². The van der Waals surface area contributed by atoms with Gasteiger partial charge in [0.05, 0.1) is 4.88 Å². The molecule has 6 nitrogen and oxygen atoms in total. The Labute approximate surface area is 127 Å². The van der Waals surface area contributed by atoms with Gasteiger partial charge in [-0.15, -0.1) is 11.3 Å². The van der Waals surface area contributed by atoms with E-state index in [2.05, 4.69) is 10.6 Å². The van der Waals surface area contributed by atoms with E-state index in [9.17, 15) is 14.4 Å². The maximum Gasteiger partial charge on any atom is 0.303 e. The van der Waals surface area contributed by atoms with Gasteiger partial charge in [-0.1, -0.05) is 13.0 Å². The van der Waals surface area contributed by atoms with E-state index in [1.807, 2.05) is 12.3 Å². The van der Waals surface area contributed by atoms with Crippen molar-refractivity contribution in [1.29, 1.82) is 0 Å². The SMILES string of the molecule is CC(CCC(=O)O)CNC(=O)CCNC(=O)c1cccs1. The first-order valence-electron chi connectivity index (χ1n) is 6.79. The second kappa shape index (κ2) is 9.12. The summed E-state index contributed by atoms with van der Waals surface area (Å²) < 4.78 is 0. The summed E-state index contributed by atoms with van der Waals surface area (Å²) in [6, 6.07) is 3.52. The van der Waals surface area contributed by atoms with Crippen molar-refractivity contribution in [2.24, 2.45) is 5.92 Å². The highest BCUT2D eigenvalue weighted by Crippen LogP contribution is 2.07. The van der Waals surface area contributed by atoms with Crippen LogP contribution in [-0.4, -0.2) is 36.0 Å². The number of rotatable bonds is 9. The summed E-state index contributed by atoms with van der Waals surface area (Å²) in [5.74, 6) is -1.04. The third-order valence-electron chi connectivity index (χ3n) is 2.88. The molecule has 1 unspecified atom stereocenters. The van der Waals surface area contributed by atoms with Gasteiger partial charge >= 0.3 is 5.97 Å². The van der Waals surface area contributed by atoms with E-state index in [0.29, 0.717) is 17.8 Å². The first kappa shape index (κ1) is 17.2. The number of nitrogens with one attached hydrogen (secondary N) is 2. The molecule has 0 fully saturated rings. The molecule has 1 aromatic rings. The zero-order valence-electron chi connectivity index (χ0n) is 11.9. The standard InChI is InChI=1S/C14H20N2O4S/c1-10(4-5-13(18)19)9-16-12(17)6-7-15-14(20)11-3-2-8-21-11/h2-3,8,10H,4-7,9H2,1H3,(H,15,20)(H,16,17)(H,18,19). The molecular formula is C14H20N2O4S. The molecule has 1 atom stereocenters. The molecule has 0 spiro atoms. The van der Waals surface area contributed by atoms with Crippen LogP contribution < -0.4 is 10.6 Å². The van der Waals surface area contributed by atoms with Gasteiger partial charge in [-0.2, -0.15) is 0 Å². The monoisotopic (exact) mass is 312 g/mol. The highest BCUT2D eigenvalue weighted by atomic mass is 32.1. The van der Waals surface area contributed by atoms with Gasteiger partial charge in [-0.25, -0.2) is 0 Å².